The Morgan fingerprint density at radius 3 is 3.07 bits per heavy atom. The second-order valence-corrected chi connectivity index (χ2v) is 4.68. The van der Waals surface area contributed by atoms with E-state index >= 15 is 0 Å². The number of carbonyl (C=O) groups is 2. The molecule has 3 nitrogen and oxygen atoms in total. The quantitative estimate of drug-likeness (QED) is 0.681. The number of aldehydes is 1. The van der Waals surface area contributed by atoms with Crippen molar-refractivity contribution in [2.24, 2.45) is 0 Å². The Hall–Kier alpha value is -1.16. The molecule has 0 radical (unpaired) electrons. The number of amides is 1. The molecule has 0 spiro atoms. The van der Waals surface area contributed by atoms with Crippen LogP contribution in [0.3, 0.4) is 0 Å². The molecule has 1 amide bonds. The molecule has 0 saturated heterocycles. The van der Waals surface area contributed by atoms with Crippen molar-refractivity contribution in [1.82, 2.24) is 4.90 Å². The highest BCUT2D eigenvalue weighted by molar-refractivity contribution is 7.12. The first-order valence-electron chi connectivity index (χ1n) is 5.02. The zero-order chi connectivity index (χ0) is 10.8. The van der Waals surface area contributed by atoms with Gasteiger partial charge >= 0.3 is 0 Å². The summed E-state index contributed by atoms with van der Waals surface area (Å²) in [6.45, 7) is 2.98. The molecular formula is C11H13NO2S. The van der Waals surface area contributed by atoms with Crippen LogP contribution in [0.4, 0.5) is 0 Å². The van der Waals surface area contributed by atoms with Gasteiger partial charge in [0.25, 0.3) is 0 Å². The molecule has 1 aliphatic rings. The number of carbonyl (C=O) groups excluding carboxylic acids is 2. The minimum Gasteiger partial charge on any atom is -0.339 e. The molecule has 1 aromatic rings. The van der Waals surface area contributed by atoms with Gasteiger partial charge in [0.15, 0.2) is 6.29 Å². The molecule has 2 rings (SSSR count). The SMILES string of the molecule is CC(=O)N1CCCc2csc(C=O)c2C1. The Balaban J connectivity index is 2.33. The fourth-order valence-electron chi connectivity index (χ4n) is 1.92. The van der Waals surface area contributed by atoms with E-state index in [9.17, 15) is 9.59 Å². The van der Waals surface area contributed by atoms with Gasteiger partial charge in [-0.3, -0.25) is 9.59 Å². The maximum absolute atomic E-state index is 11.3. The van der Waals surface area contributed by atoms with Gasteiger partial charge in [-0.05, 0) is 29.3 Å². The van der Waals surface area contributed by atoms with Gasteiger partial charge in [-0.2, -0.15) is 0 Å². The van der Waals surface area contributed by atoms with Crippen LogP contribution in [-0.2, 0) is 17.8 Å². The standard InChI is InChI=1S/C11H13NO2S/c1-8(14)12-4-2-3-9-7-15-11(6-13)10(9)5-12/h6-7H,2-5H2,1H3. The summed E-state index contributed by atoms with van der Waals surface area (Å²) in [4.78, 5) is 24.7. The fraction of sp³-hybridized carbons (Fsp3) is 0.455. The molecule has 80 valence electrons. The molecule has 0 N–H and O–H groups in total. The number of hydrogen-bond acceptors (Lipinski definition) is 3. The predicted octanol–water partition coefficient (Wildman–Crippen LogP) is 1.86. The average Bonchev–Trinajstić information content (AvgIpc) is 2.46. The Morgan fingerprint density at radius 2 is 2.40 bits per heavy atom. The molecule has 15 heavy (non-hydrogen) atoms. The molecule has 0 saturated carbocycles. The van der Waals surface area contributed by atoms with Crippen LogP contribution in [0.15, 0.2) is 5.38 Å². The highest BCUT2D eigenvalue weighted by Gasteiger charge is 2.19. The molecule has 0 aliphatic carbocycles. The molecular weight excluding hydrogens is 210 g/mol. The summed E-state index contributed by atoms with van der Waals surface area (Å²) in [6.07, 6.45) is 2.86. The van der Waals surface area contributed by atoms with Crippen LogP contribution in [0, 0.1) is 0 Å². The van der Waals surface area contributed by atoms with Gasteiger partial charge in [-0.15, -0.1) is 11.3 Å². The molecule has 0 bridgehead atoms. The largest absolute Gasteiger partial charge is 0.339 e. The maximum atomic E-state index is 11.3. The van der Waals surface area contributed by atoms with Crippen LogP contribution < -0.4 is 0 Å². The molecule has 4 heteroatoms. The third-order valence-corrected chi connectivity index (χ3v) is 3.79. The Kier molecular flexibility index (Phi) is 2.86. The van der Waals surface area contributed by atoms with Crippen molar-refractivity contribution in [3.05, 3.63) is 21.4 Å². The van der Waals surface area contributed by atoms with Gasteiger partial charge < -0.3 is 4.90 Å². The lowest BCUT2D eigenvalue weighted by molar-refractivity contribution is -0.129. The lowest BCUT2D eigenvalue weighted by Gasteiger charge is -2.18. The summed E-state index contributed by atoms with van der Waals surface area (Å²) in [7, 11) is 0. The second kappa shape index (κ2) is 4.14. The molecule has 2 heterocycles. The first kappa shape index (κ1) is 10.4. The normalized spacial score (nSPS) is 15.7. The molecule has 0 atom stereocenters. The number of fused-ring (bicyclic) bond motifs is 1. The number of hydrogen-bond donors (Lipinski definition) is 0. The zero-order valence-corrected chi connectivity index (χ0v) is 9.47. The van der Waals surface area contributed by atoms with E-state index in [1.165, 1.54) is 16.9 Å². The predicted molar refractivity (Wildman–Crippen MR) is 59.1 cm³/mol. The number of nitrogens with zero attached hydrogens (tertiary/aromatic N) is 1. The van der Waals surface area contributed by atoms with Gasteiger partial charge in [0, 0.05) is 20.0 Å². The van der Waals surface area contributed by atoms with Crippen LogP contribution >= 0.6 is 11.3 Å². The van der Waals surface area contributed by atoms with E-state index < -0.39 is 0 Å². The van der Waals surface area contributed by atoms with Crippen molar-refractivity contribution >= 4 is 23.5 Å². The lowest BCUT2D eigenvalue weighted by atomic mass is 10.1. The first-order valence-corrected chi connectivity index (χ1v) is 5.90. The summed E-state index contributed by atoms with van der Waals surface area (Å²) in [6, 6.07) is 0. The monoisotopic (exact) mass is 223 g/mol. The van der Waals surface area contributed by atoms with E-state index in [4.69, 9.17) is 0 Å². The van der Waals surface area contributed by atoms with Gasteiger partial charge in [0.1, 0.15) is 0 Å². The molecule has 0 unspecified atom stereocenters. The van der Waals surface area contributed by atoms with Gasteiger partial charge in [-0.25, -0.2) is 0 Å². The zero-order valence-electron chi connectivity index (χ0n) is 8.66. The van der Waals surface area contributed by atoms with Crippen molar-refractivity contribution in [2.45, 2.75) is 26.3 Å². The first-order chi connectivity index (χ1) is 7.22. The van der Waals surface area contributed by atoms with E-state index in [0.717, 1.165) is 36.1 Å². The van der Waals surface area contributed by atoms with E-state index in [1.807, 2.05) is 10.3 Å². The second-order valence-electron chi connectivity index (χ2n) is 3.77. The summed E-state index contributed by atoms with van der Waals surface area (Å²) in [5, 5.41) is 2.04. The van der Waals surface area contributed by atoms with Crippen LogP contribution in [-0.4, -0.2) is 23.6 Å². The number of thiophene rings is 1. The third-order valence-electron chi connectivity index (χ3n) is 2.79. The smallest absolute Gasteiger partial charge is 0.219 e. The van der Waals surface area contributed by atoms with E-state index in [1.54, 1.807) is 6.92 Å². The van der Waals surface area contributed by atoms with Gasteiger partial charge in [-0.1, -0.05) is 0 Å². The average molecular weight is 223 g/mol. The lowest BCUT2D eigenvalue weighted by Crippen LogP contribution is -2.28. The maximum Gasteiger partial charge on any atom is 0.219 e. The van der Waals surface area contributed by atoms with E-state index in [2.05, 4.69) is 0 Å². The van der Waals surface area contributed by atoms with Gasteiger partial charge in [0.2, 0.25) is 5.91 Å². The van der Waals surface area contributed by atoms with Gasteiger partial charge in [0.05, 0.1) is 4.88 Å². The molecule has 1 aromatic heterocycles. The van der Waals surface area contributed by atoms with Crippen molar-refractivity contribution < 1.29 is 9.59 Å². The summed E-state index contributed by atoms with van der Waals surface area (Å²) in [5.41, 5.74) is 2.30. The van der Waals surface area contributed by atoms with Crippen molar-refractivity contribution in [3.8, 4) is 0 Å². The Labute approximate surface area is 92.7 Å². The molecule has 0 aromatic carbocycles. The highest BCUT2D eigenvalue weighted by Crippen LogP contribution is 2.26. The Morgan fingerprint density at radius 1 is 1.60 bits per heavy atom. The number of rotatable bonds is 1. The van der Waals surface area contributed by atoms with Crippen LogP contribution in [0.2, 0.25) is 0 Å². The molecule has 1 aliphatic heterocycles. The fourth-order valence-corrected chi connectivity index (χ4v) is 2.85. The minimum atomic E-state index is 0.0888. The molecule has 0 fully saturated rings. The van der Waals surface area contributed by atoms with Crippen molar-refractivity contribution in [1.29, 1.82) is 0 Å². The number of aryl methyl sites for hydroxylation is 1. The van der Waals surface area contributed by atoms with E-state index in [0.29, 0.717) is 6.54 Å². The summed E-state index contributed by atoms with van der Waals surface area (Å²) in [5.74, 6) is 0.0888. The van der Waals surface area contributed by atoms with Crippen molar-refractivity contribution in [3.63, 3.8) is 0 Å². The topological polar surface area (TPSA) is 37.4 Å². The Bertz CT molecular complexity index is 397. The van der Waals surface area contributed by atoms with Crippen molar-refractivity contribution in [2.75, 3.05) is 6.54 Å². The van der Waals surface area contributed by atoms with Crippen LogP contribution in [0.1, 0.15) is 34.1 Å². The van der Waals surface area contributed by atoms with Crippen LogP contribution in [0.5, 0.6) is 0 Å². The summed E-state index contributed by atoms with van der Waals surface area (Å²) < 4.78 is 0. The van der Waals surface area contributed by atoms with Crippen LogP contribution in [0.25, 0.3) is 0 Å². The summed E-state index contributed by atoms with van der Waals surface area (Å²) >= 11 is 1.48. The third kappa shape index (κ3) is 1.95. The minimum absolute atomic E-state index is 0.0888. The van der Waals surface area contributed by atoms with E-state index in [-0.39, 0.29) is 5.91 Å². The highest BCUT2D eigenvalue weighted by atomic mass is 32.1.